The van der Waals surface area contributed by atoms with Gasteiger partial charge >= 0.3 is 0 Å². The lowest BCUT2D eigenvalue weighted by molar-refractivity contribution is 0.0922. The summed E-state index contributed by atoms with van der Waals surface area (Å²) >= 11 is 0. The van der Waals surface area contributed by atoms with Crippen LogP contribution in [0, 0.1) is 12.8 Å². The molecule has 0 bridgehead atoms. The monoisotopic (exact) mass is 249 g/mol. The summed E-state index contributed by atoms with van der Waals surface area (Å²) in [5, 5.41) is 12.5. The molecule has 2 unspecified atom stereocenters. The second-order valence-corrected chi connectivity index (χ2v) is 4.89. The number of aryl methyl sites for hydroxylation is 1. The zero-order valence-electron chi connectivity index (χ0n) is 10.8. The normalized spacial score (nSPS) is 20.7. The highest BCUT2D eigenvalue weighted by atomic mass is 16.5. The molecule has 1 aliphatic heterocycles. The molecule has 0 aromatic heterocycles. The fourth-order valence-electron chi connectivity index (χ4n) is 2.11. The molecule has 2 atom stereocenters. The average Bonchev–Trinajstić information content (AvgIpc) is 2.86. The van der Waals surface area contributed by atoms with Gasteiger partial charge in [0.05, 0.1) is 6.61 Å². The number of carbonyl (C=O) groups excluding carboxylic acids is 1. The third-order valence-electron chi connectivity index (χ3n) is 3.50. The predicted molar refractivity (Wildman–Crippen MR) is 68.7 cm³/mol. The third kappa shape index (κ3) is 2.82. The number of nitrogens with one attached hydrogen (secondary N) is 1. The number of benzene rings is 1. The van der Waals surface area contributed by atoms with Crippen molar-refractivity contribution in [3.05, 3.63) is 29.3 Å². The minimum atomic E-state index is -0.148. The first-order chi connectivity index (χ1) is 8.58. The van der Waals surface area contributed by atoms with Crippen LogP contribution >= 0.6 is 0 Å². The largest absolute Gasteiger partial charge is 0.508 e. The van der Waals surface area contributed by atoms with Gasteiger partial charge in [-0.15, -0.1) is 0 Å². The summed E-state index contributed by atoms with van der Waals surface area (Å²) in [6, 6.07) is 5.06. The molecular weight excluding hydrogens is 230 g/mol. The van der Waals surface area contributed by atoms with Crippen LogP contribution in [0.25, 0.3) is 0 Å². The van der Waals surface area contributed by atoms with E-state index >= 15 is 0 Å². The Morgan fingerprint density at radius 3 is 2.94 bits per heavy atom. The Hall–Kier alpha value is -1.55. The van der Waals surface area contributed by atoms with Crippen molar-refractivity contribution in [1.82, 2.24) is 5.32 Å². The Morgan fingerprint density at radius 1 is 1.56 bits per heavy atom. The molecule has 0 aliphatic carbocycles. The van der Waals surface area contributed by atoms with Gasteiger partial charge in [-0.05, 0) is 38.0 Å². The van der Waals surface area contributed by atoms with E-state index in [1.54, 1.807) is 19.1 Å². The number of hydrogen-bond acceptors (Lipinski definition) is 3. The van der Waals surface area contributed by atoms with E-state index in [4.69, 9.17) is 4.74 Å². The molecule has 98 valence electrons. The van der Waals surface area contributed by atoms with Crippen molar-refractivity contribution in [2.45, 2.75) is 26.3 Å². The fraction of sp³-hybridized carbons (Fsp3) is 0.500. The first kappa shape index (κ1) is 12.9. The number of aromatic hydroxyl groups is 1. The van der Waals surface area contributed by atoms with E-state index in [0.29, 0.717) is 18.1 Å². The summed E-state index contributed by atoms with van der Waals surface area (Å²) in [6.07, 6.45) is 0.987. The van der Waals surface area contributed by atoms with E-state index < -0.39 is 0 Å². The van der Waals surface area contributed by atoms with Crippen molar-refractivity contribution in [3.8, 4) is 5.75 Å². The number of phenolic OH excluding ortho intramolecular Hbond substituents is 1. The highest BCUT2D eigenvalue weighted by Gasteiger charge is 2.23. The number of amides is 1. The number of ether oxygens (including phenoxy) is 1. The van der Waals surface area contributed by atoms with Crippen molar-refractivity contribution in [1.29, 1.82) is 0 Å². The minimum Gasteiger partial charge on any atom is -0.508 e. The summed E-state index contributed by atoms with van der Waals surface area (Å²) < 4.78 is 5.31. The number of phenols is 1. The van der Waals surface area contributed by atoms with E-state index in [2.05, 4.69) is 5.32 Å². The number of hydrogen-bond donors (Lipinski definition) is 2. The lowest BCUT2D eigenvalue weighted by atomic mass is 10.0. The Bertz CT molecular complexity index is 439. The molecule has 4 heteroatoms. The van der Waals surface area contributed by atoms with E-state index in [0.717, 1.165) is 18.6 Å². The smallest absolute Gasteiger partial charge is 0.251 e. The van der Waals surface area contributed by atoms with Crippen LogP contribution in [0.1, 0.15) is 29.3 Å². The zero-order valence-corrected chi connectivity index (χ0v) is 10.8. The quantitative estimate of drug-likeness (QED) is 0.859. The molecule has 0 radical (unpaired) electrons. The van der Waals surface area contributed by atoms with Crippen LogP contribution in [0.5, 0.6) is 5.75 Å². The molecular formula is C14H19NO3. The molecule has 0 spiro atoms. The Balaban J connectivity index is 2.00. The first-order valence-electron chi connectivity index (χ1n) is 6.26. The van der Waals surface area contributed by atoms with Crippen molar-refractivity contribution in [3.63, 3.8) is 0 Å². The van der Waals surface area contributed by atoms with E-state index in [9.17, 15) is 9.90 Å². The maximum atomic E-state index is 12.0. The van der Waals surface area contributed by atoms with Gasteiger partial charge < -0.3 is 15.2 Å². The minimum absolute atomic E-state index is 0.0865. The van der Waals surface area contributed by atoms with Crippen molar-refractivity contribution in [2.75, 3.05) is 13.2 Å². The molecule has 2 rings (SSSR count). The Labute approximate surface area is 107 Å². The summed E-state index contributed by atoms with van der Waals surface area (Å²) in [4.78, 5) is 12.0. The summed E-state index contributed by atoms with van der Waals surface area (Å²) in [5.74, 6) is 0.386. The second-order valence-electron chi connectivity index (χ2n) is 4.89. The maximum absolute atomic E-state index is 12.0. The molecule has 1 saturated heterocycles. The molecule has 1 amide bonds. The van der Waals surface area contributed by atoms with Crippen LogP contribution in [-0.4, -0.2) is 30.3 Å². The van der Waals surface area contributed by atoms with Gasteiger partial charge in [0.2, 0.25) is 0 Å². The molecule has 4 nitrogen and oxygen atoms in total. The molecule has 0 saturated carbocycles. The Kier molecular flexibility index (Phi) is 3.87. The molecule has 1 aromatic carbocycles. The third-order valence-corrected chi connectivity index (χ3v) is 3.50. The van der Waals surface area contributed by atoms with Crippen molar-refractivity contribution < 1.29 is 14.6 Å². The van der Waals surface area contributed by atoms with Crippen LogP contribution < -0.4 is 5.32 Å². The lowest BCUT2D eigenvalue weighted by Gasteiger charge is -2.19. The molecule has 1 aliphatic rings. The van der Waals surface area contributed by atoms with E-state index in [-0.39, 0.29) is 17.7 Å². The van der Waals surface area contributed by atoms with Crippen LogP contribution in [0.15, 0.2) is 18.2 Å². The zero-order chi connectivity index (χ0) is 13.1. The maximum Gasteiger partial charge on any atom is 0.251 e. The number of rotatable bonds is 3. The first-order valence-corrected chi connectivity index (χ1v) is 6.26. The highest BCUT2D eigenvalue weighted by Crippen LogP contribution is 2.19. The summed E-state index contributed by atoms with van der Waals surface area (Å²) in [7, 11) is 0. The van der Waals surface area contributed by atoms with Gasteiger partial charge in [0.1, 0.15) is 5.75 Å². The van der Waals surface area contributed by atoms with Gasteiger partial charge in [0, 0.05) is 24.1 Å². The SMILES string of the molecule is Cc1ccc(C(=O)NC(C)C2CCOC2)cc1O. The van der Waals surface area contributed by atoms with Crippen LogP contribution in [0.3, 0.4) is 0 Å². The summed E-state index contributed by atoms with van der Waals surface area (Å²) in [5.41, 5.74) is 1.26. The van der Waals surface area contributed by atoms with Crippen LogP contribution in [-0.2, 0) is 4.74 Å². The van der Waals surface area contributed by atoms with E-state index in [1.165, 1.54) is 6.07 Å². The van der Waals surface area contributed by atoms with Gasteiger partial charge in [-0.1, -0.05) is 6.07 Å². The summed E-state index contributed by atoms with van der Waals surface area (Å²) in [6.45, 7) is 5.28. The van der Waals surface area contributed by atoms with E-state index in [1.807, 2.05) is 6.92 Å². The molecule has 2 N–H and O–H groups in total. The Morgan fingerprint density at radius 2 is 2.33 bits per heavy atom. The molecule has 1 aromatic rings. The van der Waals surface area contributed by atoms with Gasteiger partial charge in [0.15, 0.2) is 0 Å². The highest BCUT2D eigenvalue weighted by molar-refractivity contribution is 5.94. The van der Waals surface area contributed by atoms with Crippen LogP contribution in [0.2, 0.25) is 0 Å². The fourth-order valence-corrected chi connectivity index (χ4v) is 2.11. The van der Waals surface area contributed by atoms with Gasteiger partial charge in [-0.3, -0.25) is 4.79 Å². The van der Waals surface area contributed by atoms with Crippen molar-refractivity contribution >= 4 is 5.91 Å². The second kappa shape index (κ2) is 5.40. The van der Waals surface area contributed by atoms with Gasteiger partial charge in [-0.2, -0.15) is 0 Å². The predicted octanol–water partition coefficient (Wildman–Crippen LogP) is 1.86. The van der Waals surface area contributed by atoms with Gasteiger partial charge in [0.25, 0.3) is 5.91 Å². The molecule has 18 heavy (non-hydrogen) atoms. The topological polar surface area (TPSA) is 58.6 Å². The van der Waals surface area contributed by atoms with Gasteiger partial charge in [-0.25, -0.2) is 0 Å². The number of carbonyl (C=O) groups is 1. The molecule has 1 fully saturated rings. The lowest BCUT2D eigenvalue weighted by Crippen LogP contribution is -2.38. The standard InChI is InChI=1S/C14H19NO3/c1-9-3-4-11(7-13(9)16)14(17)15-10(2)12-5-6-18-8-12/h3-4,7,10,12,16H,5-6,8H2,1-2H3,(H,15,17). The molecule has 1 heterocycles. The van der Waals surface area contributed by atoms with Crippen LogP contribution in [0.4, 0.5) is 0 Å². The van der Waals surface area contributed by atoms with Crippen molar-refractivity contribution in [2.24, 2.45) is 5.92 Å². The average molecular weight is 249 g/mol.